The van der Waals surface area contributed by atoms with Crippen LogP contribution < -0.4 is 5.73 Å². The smallest absolute Gasteiger partial charge is 0.0655 e. The minimum atomic E-state index is -0.0447. The summed E-state index contributed by atoms with van der Waals surface area (Å²) in [4.78, 5) is 4.09. The first kappa shape index (κ1) is 9.16. The number of ether oxygens (including phenoxy) is 1. The molecule has 1 heterocycles. The number of rotatable bonds is 3. The van der Waals surface area contributed by atoms with E-state index >= 15 is 0 Å². The van der Waals surface area contributed by atoms with Gasteiger partial charge in [-0.2, -0.15) is 0 Å². The molecule has 0 fully saturated rings. The predicted octanol–water partition coefficient (Wildman–Crippen LogP) is 1.04. The molecule has 0 saturated carbocycles. The first-order chi connectivity index (χ1) is 5.74. The van der Waals surface area contributed by atoms with Crippen LogP contribution in [0.4, 0.5) is 0 Å². The molecule has 1 atom stereocenters. The van der Waals surface area contributed by atoms with Gasteiger partial charge in [0.25, 0.3) is 0 Å². The normalized spacial score (nSPS) is 12.9. The maximum Gasteiger partial charge on any atom is 0.0655 e. The van der Waals surface area contributed by atoms with Crippen molar-refractivity contribution in [2.24, 2.45) is 5.73 Å². The summed E-state index contributed by atoms with van der Waals surface area (Å²) in [5, 5.41) is 0. The van der Waals surface area contributed by atoms with Crippen LogP contribution in [-0.4, -0.2) is 18.7 Å². The number of methoxy groups -OCH3 is 1. The molecule has 66 valence electrons. The van der Waals surface area contributed by atoms with Gasteiger partial charge in [0.1, 0.15) is 0 Å². The van der Waals surface area contributed by atoms with Crippen LogP contribution in [0, 0.1) is 6.92 Å². The van der Waals surface area contributed by atoms with Gasteiger partial charge in [0, 0.05) is 19.0 Å². The Balaban J connectivity index is 2.73. The van der Waals surface area contributed by atoms with E-state index in [0.29, 0.717) is 6.61 Å². The minimum absolute atomic E-state index is 0.0447. The highest BCUT2D eigenvalue weighted by Gasteiger charge is 2.04. The van der Waals surface area contributed by atoms with Crippen LogP contribution in [0.5, 0.6) is 0 Å². The molecule has 3 nitrogen and oxygen atoms in total. The van der Waals surface area contributed by atoms with Gasteiger partial charge in [0.2, 0.25) is 0 Å². The van der Waals surface area contributed by atoms with Gasteiger partial charge < -0.3 is 10.5 Å². The summed E-state index contributed by atoms with van der Waals surface area (Å²) in [6.07, 6.45) is 1.76. The average molecular weight is 166 g/mol. The van der Waals surface area contributed by atoms with Crippen LogP contribution in [0.15, 0.2) is 18.3 Å². The Labute approximate surface area is 72.6 Å². The number of nitrogens with zero attached hydrogens (tertiary/aromatic N) is 1. The Morgan fingerprint density at radius 3 is 3.00 bits per heavy atom. The molecule has 1 aromatic rings. The van der Waals surface area contributed by atoms with Gasteiger partial charge in [-0.3, -0.25) is 4.98 Å². The van der Waals surface area contributed by atoms with E-state index in [9.17, 15) is 0 Å². The zero-order valence-corrected chi connectivity index (χ0v) is 7.45. The lowest BCUT2D eigenvalue weighted by molar-refractivity contribution is 0.181. The van der Waals surface area contributed by atoms with Crippen molar-refractivity contribution in [2.45, 2.75) is 13.0 Å². The SMILES string of the molecule is COC[C@H](N)c1ccnc(C)c1. The lowest BCUT2D eigenvalue weighted by Crippen LogP contribution is -2.16. The molecule has 3 heteroatoms. The third-order valence-corrected chi connectivity index (χ3v) is 1.70. The summed E-state index contributed by atoms with van der Waals surface area (Å²) in [7, 11) is 1.65. The van der Waals surface area contributed by atoms with E-state index in [2.05, 4.69) is 4.98 Å². The van der Waals surface area contributed by atoms with Gasteiger partial charge in [0.05, 0.1) is 12.6 Å². The number of pyridine rings is 1. The monoisotopic (exact) mass is 166 g/mol. The molecular formula is C9H14N2O. The van der Waals surface area contributed by atoms with Gasteiger partial charge in [0.15, 0.2) is 0 Å². The third kappa shape index (κ3) is 2.29. The van der Waals surface area contributed by atoms with Crippen molar-refractivity contribution in [3.05, 3.63) is 29.6 Å². The Hall–Kier alpha value is -0.930. The van der Waals surface area contributed by atoms with Crippen LogP contribution in [0.1, 0.15) is 17.3 Å². The number of aromatic nitrogens is 1. The fourth-order valence-electron chi connectivity index (χ4n) is 1.07. The molecule has 2 N–H and O–H groups in total. The molecule has 0 spiro atoms. The number of nitrogens with two attached hydrogens (primary N) is 1. The average Bonchev–Trinajstić information content (AvgIpc) is 2.05. The van der Waals surface area contributed by atoms with Gasteiger partial charge >= 0.3 is 0 Å². The van der Waals surface area contributed by atoms with Crippen LogP contribution in [0.2, 0.25) is 0 Å². The van der Waals surface area contributed by atoms with Crippen molar-refractivity contribution in [3.63, 3.8) is 0 Å². The molecule has 0 aromatic carbocycles. The number of hydrogen-bond acceptors (Lipinski definition) is 3. The highest BCUT2D eigenvalue weighted by atomic mass is 16.5. The van der Waals surface area contributed by atoms with E-state index in [1.807, 2.05) is 19.1 Å². The molecule has 1 rings (SSSR count). The van der Waals surface area contributed by atoms with Crippen molar-refractivity contribution < 1.29 is 4.74 Å². The molecule has 0 radical (unpaired) electrons. The molecule has 0 unspecified atom stereocenters. The molecule has 1 aromatic heterocycles. The van der Waals surface area contributed by atoms with Crippen LogP contribution >= 0.6 is 0 Å². The zero-order chi connectivity index (χ0) is 8.97. The highest BCUT2D eigenvalue weighted by Crippen LogP contribution is 2.09. The van der Waals surface area contributed by atoms with E-state index in [-0.39, 0.29) is 6.04 Å². The number of hydrogen-bond donors (Lipinski definition) is 1. The van der Waals surface area contributed by atoms with Crippen LogP contribution in [0.25, 0.3) is 0 Å². The maximum absolute atomic E-state index is 5.82. The van der Waals surface area contributed by atoms with E-state index in [0.717, 1.165) is 11.3 Å². The Morgan fingerprint density at radius 2 is 2.42 bits per heavy atom. The molecule has 0 bridgehead atoms. The fourth-order valence-corrected chi connectivity index (χ4v) is 1.07. The molecule has 0 aliphatic heterocycles. The van der Waals surface area contributed by atoms with Crippen molar-refractivity contribution in [1.29, 1.82) is 0 Å². The van der Waals surface area contributed by atoms with Gasteiger partial charge in [-0.1, -0.05) is 0 Å². The molecular weight excluding hydrogens is 152 g/mol. The van der Waals surface area contributed by atoms with Gasteiger partial charge in [-0.05, 0) is 24.6 Å². The van der Waals surface area contributed by atoms with E-state index in [4.69, 9.17) is 10.5 Å². The Bertz CT molecular complexity index is 250. The summed E-state index contributed by atoms with van der Waals surface area (Å²) >= 11 is 0. The maximum atomic E-state index is 5.82. The lowest BCUT2D eigenvalue weighted by atomic mass is 10.1. The van der Waals surface area contributed by atoms with Crippen molar-refractivity contribution >= 4 is 0 Å². The van der Waals surface area contributed by atoms with Crippen molar-refractivity contribution in [1.82, 2.24) is 4.98 Å². The fraction of sp³-hybridized carbons (Fsp3) is 0.444. The molecule has 0 amide bonds. The van der Waals surface area contributed by atoms with E-state index < -0.39 is 0 Å². The largest absolute Gasteiger partial charge is 0.383 e. The van der Waals surface area contributed by atoms with Crippen molar-refractivity contribution in [3.8, 4) is 0 Å². The topological polar surface area (TPSA) is 48.1 Å². The van der Waals surface area contributed by atoms with E-state index in [1.165, 1.54) is 0 Å². The standard InChI is InChI=1S/C9H14N2O/c1-7-5-8(3-4-11-7)9(10)6-12-2/h3-5,9H,6,10H2,1-2H3/t9-/m0/s1. The van der Waals surface area contributed by atoms with E-state index in [1.54, 1.807) is 13.3 Å². The molecule has 0 saturated heterocycles. The summed E-state index contributed by atoms with van der Waals surface area (Å²) in [5.41, 5.74) is 7.88. The number of aryl methyl sites for hydroxylation is 1. The van der Waals surface area contributed by atoms with Gasteiger partial charge in [-0.25, -0.2) is 0 Å². The molecule has 0 aliphatic rings. The first-order valence-corrected chi connectivity index (χ1v) is 3.91. The molecule has 12 heavy (non-hydrogen) atoms. The quantitative estimate of drug-likeness (QED) is 0.729. The second-order valence-electron chi connectivity index (χ2n) is 2.79. The summed E-state index contributed by atoms with van der Waals surface area (Å²) in [6.45, 7) is 2.49. The zero-order valence-electron chi connectivity index (χ0n) is 7.45. The summed E-state index contributed by atoms with van der Waals surface area (Å²) < 4.78 is 4.95. The van der Waals surface area contributed by atoms with Crippen LogP contribution in [-0.2, 0) is 4.74 Å². The summed E-state index contributed by atoms with van der Waals surface area (Å²) in [6, 6.07) is 3.84. The van der Waals surface area contributed by atoms with Crippen LogP contribution in [0.3, 0.4) is 0 Å². The van der Waals surface area contributed by atoms with Crippen molar-refractivity contribution in [2.75, 3.05) is 13.7 Å². The predicted molar refractivity (Wildman–Crippen MR) is 47.8 cm³/mol. The second kappa shape index (κ2) is 4.18. The summed E-state index contributed by atoms with van der Waals surface area (Å²) in [5.74, 6) is 0. The molecule has 0 aliphatic carbocycles. The third-order valence-electron chi connectivity index (χ3n) is 1.70. The van der Waals surface area contributed by atoms with Gasteiger partial charge in [-0.15, -0.1) is 0 Å². The Morgan fingerprint density at radius 1 is 1.67 bits per heavy atom. The minimum Gasteiger partial charge on any atom is -0.383 e. The lowest BCUT2D eigenvalue weighted by Gasteiger charge is -2.10. The highest BCUT2D eigenvalue weighted by molar-refractivity contribution is 5.18. The first-order valence-electron chi connectivity index (χ1n) is 3.91. The Kier molecular flexibility index (Phi) is 3.19. The second-order valence-corrected chi connectivity index (χ2v) is 2.79.